The predicted octanol–water partition coefficient (Wildman–Crippen LogP) is 2.42. The van der Waals surface area contributed by atoms with Crippen molar-refractivity contribution in [3.8, 4) is 0 Å². The third-order valence-electron chi connectivity index (χ3n) is 3.64. The SMILES string of the molecule is CCC(=CCNC1(CC)CCC1)C(=O)OC. The molecule has 0 aromatic carbocycles. The molecular weight excluding hydrogens is 202 g/mol. The summed E-state index contributed by atoms with van der Waals surface area (Å²) in [4.78, 5) is 11.3. The minimum Gasteiger partial charge on any atom is -0.466 e. The summed E-state index contributed by atoms with van der Waals surface area (Å²) in [5, 5.41) is 3.54. The molecule has 1 N–H and O–H groups in total. The lowest BCUT2D eigenvalue weighted by molar-refractivity contribution is -0.136. The number of nitrogens with one attached hydrogen (secondary N) is 1. The lowest BCUT2D eigenvalue weighted by Gasteiger charge is -2.42. The van der Waals surface area contributed by atoms with Crippen LogP contribution in [0.25, 0.3) is 0 Å². The molecule has 0 aromatic heterocycles. The first kappa shape index (κ1) is 13.2. The molecule has 0 saturated heterocycles. The smallest absolute Gasteiger partial charge is 0.333 e. The van der Waals surface area contributed by atoms with Gasteiger partial charge in [0.25, 0.3) is 0 Å². The van der Waals surface area contributed by atoms with Crippen LogP contribution in [0.3, 0.4) is 0 Å². The van der Waals surface area contributed by atoms with E-state index in [4.69, 9.17) is 4.74 Å². The summed E-state index contributed by atoms with van der Waals surface area (Å²) in [7, 11) is 1.43. The largest absolute Gasteiger partial charge is 0.466 e. The second kappa shape index (κ2) is 6.04. The Hall–Kier alpha value is -0.830. The van der Waals surface area contributed by atoms with Gasteiger partial charge in [0.2, 0.25) is 0 Å². The van der Waals surface area contributed by atoms with Crippen molar-refractivity contribution in [1.29, 1.82) is 0 Å². The van der Waals surface area contributed by atoms with Crippen LogP contribution in [0, 0.1) is 0 Å². The summed E-state index contributed by atoms with van der Waals surface area (Å²) in [6.07, 6.45) is 7.70. The fraction of sp³-hybridized carbons (Fsp3) is 0.769. The maximum Gasteiger partial charge on any atom is 0.333 e. The molecule has 0 amide bonds. The first-order valence-corrected chi connectivity index (χ1v) is 6.20. The van der Waals surface area contributed by atoms with Gasteiger partial charge >= 0.3 is 5.97 Å². The molecule has 1 aliphatic carbocycles. The van der Waals surface area contributed by atoms with Crippen LogP contribution in [0.15, 0.2) is 11.6 Å². The van der Waals surface area contributed by atoms with Crippen LogP contribution < -0.4 is 5.32 Å². The van der Waals surface area contributed by atoms with Crippen molar-refractivity contribution in [2.24, 2.45) is 0 Å². The summed E-state index contributed by atoms with van der Waals surface area (Å²) in [6, 6.07) is 0. The van der Waals surface area contributed by atoms with E-state index in [-0.39, 0.29) is 5.97 Å². The van der Waals surface area contributed by atoms with E-state index in [1.54, 1.807) is 0 Å². The van der Waals surface area contributed by atoms with Crippen molar-refractivity contribution in [2.75, 3.05) is 13.7 Å². The molecule has 1 aliphatic rings. The zero-order valence-electron chi connectivity index (χ0n) is 10.6. The lowest BCUT2D eigenvalue weighted by atomic mass is 9.75. The molecule has 0 spiro atoms. The Labute approximate surface area is 98.2 Å². The van der Waals surface area contributed by atoms with Crippen LogP contribution >= 0.6 is 0 Å². The number of esters is 1. The second-order valence-corrected chi connectivity index (χ2v) is 4.44. The molecule has 16 heavy (non-hydrogen) atoms. The van der Waals surface area contributed by atoms with Crippen molar-refractivity contribution in [2.45, 2.75) is 51.5 Å². The van der Waals surface area contributed by atoms with Gasteiger partial charge in [0.15, 0.2) is 0 Å². The van der Waals surface area contributed by atoms with E-state index in [9.17, 15) is 4.79 Å². The van der Waals surface area contributed by atoms with Crippen LogP contribution in [0.5, 0.6) is 0 Å². The Morgan fingerprint density at radius 1 is 1.44 bits per heavy atom. The third-order valence-corrected chi connectivity index (χ3v) is 3.64. The molecule has 1 rings (SSSR count). The molecule has 0 atom stereocenters. The third kappa shape index (κ3) is 3.08. The number of ether oxygens (including phenoxy) is 1. The van der Waals surface area contributed by atoms with E-state index < -0.39 is 0 Å². The van der Waals surface area contributed by atoms with Gasteiger partial charge in [0.05, 0.1) is 7.11 Å². The summed E-state index contributed by atoms with van der Waals surface area (Å²) in [6.45, 7) is 4.96. The van der Waals surface area contributed by atoms with Crippen LogP contribution in [0.1, 0.15) is 46.0 Å². The Morgan fingerprint density at radius 3 is 2.50 bits per heavy atom. The van der Waals surface area contributed by atoms with E-state index in [0.29, 0.717) is 5.54 Å². The van der Waals surface area contributed by atoms with E-state index in [1.165, 1.54) is 32.8 Å². The highest BCUT2D eigenvalue weighted by Crippen LogP contribution is 2.34. The van der Waals surface area contributed by atoms with Crippen molar-refractivity contribution in [3.05, 3.63) is 11.6 Å². The van der Waals surface area contributed by atoms with E-state index in [0.717, 1.165) is 18.5 Å². The van der Waals surface area contributed by atoms with Crippen molar-refractivity contribution in [3.63, 3.8) is 0 Å². The monoisotopic (exact) mass is 225 g/mol. The van der Waals surface area contributed by atoms with Gasteiger partial charge in [-0.05, 0) is 32.1 Å². The van der Waals surface area contributed by atoms with Crippen LogP contribution in [-0.4, -0.2) is 25.2 Å². The van der Waals surface area contributed by atoms with Crippen molar-refractivity contribution in [1.82, 2.24) is 5.32 Å². The molecule has 0 aromatic rings. The molecule has 0 radical (unpaired) electrons. The second-order valence-electron chi connectivity index (χ2n) is 4.44. The zero-order valence-corrected chi connectivity index (χ0v) is 10.6. The summed E-state index contributed by atoms with van der Waals surface area (Å²) < 4.78 is 4.72. The fourth-order valence-electron chi connectivity index (χ4n) is 2.15. The molecule has 0 bridgehead atoms. The molecular formula is C13H23NO2. The number of carbonyl (C=O) groups excluding carboxylic acids is 1. The molecule has 1 fully saturated rings. The van der Waals surface area contributed by atoms with Gasteiger partial charge in [-0.15, -0.1) is 0 Å². The first-order chi connectivity index (χ1) is 7.67. The van der Waals surface area contributed by atoms with Gasteiger partial charge in [-0.2, -0.15) is 0 Å². The average Bonchev–Trinajstić information content (AvgIpc) is 2.26. The van der Waals surface area contributed by atoms with E-state index in [1.807, 2.05) is 13.0 Å². The first-order valence-electron chi connectivity index (χ1n) is 6.20. The Morgan fingerprint density at radius 2 is 2.12 bits per heavy atom. The molecule has 0 heterocycles. The average molecular weight is 225 g/mol. The van der Waals surface area contributed by atoms with Crippen LogP contribution in [0.4, 0.5) is 0 Å². The molecule has 3 heteroatoms. The number of carbonyl (C=O) groups is 1. The summed E-state index contributed by atoms with van der Waals surface area (Å²) >= 11 is 0. The van der Waals surface area contributed by atoms with Gasteiger partial charge in [-0.25, -0.2) is 4.79 Å². The maximum atomic E-state index is 11.3. The number of rotatable bonds is 6. The van der Waals surface area contributed by atoms with Gasteiger partial charge in [-0.1, -0.05) is 19.9 Å². The predicted molar refractivity (Wildman–Crippen MR) is 65.3 cm³/mol. The van der Waals surface area contributed by atoms with E-state index in [2.05, 4.69) is 12.2 Å². The molecule has 92 valence electrons. The van der Waals surface area contributed by atoms with Gasteiger partial charge in [0.1, 0.15) is 0 Å². The topological polar surface area (TPSA) is 38.3 Å². The Bertz CT molecular complexity index is 262. The zero-order chi connectivity index (χ0) is 12.0. The normalized spacial score (nSPS) is 19.1. The maximum absolute atomic E-state index is 11.3. The Balaban J connectivity index is 2.42. The molecule has 0 aliphatic heterocycles. The number of hydrogen-bond donors (Lipinski definition) is 1. The van der Waals surface area contributed by atoms with Gasteiger partial charge < -0.3 is 10.1 Å². The highest BCUT2D eigenvalue weighted by Gasteiger charge is 2.33. The van der Waals surface area contributed by atoms with Crippen molar-refractivity contribution < 1.29 is 9.53 Å². The van der Waals surface area contributed by atoms with Gasteiger partial charge in [-0.3, -0.25) is 0 Å². The molecule has 0 unspecified atom stereocenters. The van der Waals surface area contributed by atoms with E-state index >= 15 is 0 Å². The van der Waals surface area contributed by atoms with Crippen LogP contribution in [0.2, 0.25) is 0 Å². The summed E-state index contributed by atoms with van der Waals surface area (Å²) in [5.41, 5.74) is 1.10. The minimum absolute atomic E-state index is 0.205. The van der Waals surface area contributed by atoms with Crippen molar-refractivity contribution >= 4 is 5.97 Å². The molecule has 3 nitrogen and oxygen atoms in total. The van der Waals surface area contributed by atoms with Gasteiger partial charge in [0, 0.05) is 17.7 Å². The standard InChI is InChI=1S/C13H23NO2/c1-4-11(12(15)16-3)7-10-14-13(5-2)8-6-9-13/h7,14H,4-6,8-10H2,1-3H3. The number of methoxy groups -OCH3 is 1. The highest BCUT2D eigenvalue weighted by atomic mass is 16.5. The van der Waals surface area contributed by atoms with Crippen LogP contribution in [-0.2, 0) is 9.53 Å². The molecule has 1 saturated carbocycles. The summed E-state index contributed by atoms with van der Waals surface area (Å²) in [5.74, 6) is -0.205. The quantitative estimate of drug-likeness (QED) is 0.557. The number of hydrogen-bond acceptors (Lipinski definition) is 3. The minimum atomic E-state index is -0.205. The Kier molecular flexibility index (Phi) is 5.00. The fourth-order valence-corrected chi connectivity index (χ4v) is 2.15. The highest BCUT2D eigenvalue weighted by molar-refractivity contribution is 5.88. The lowest BCUT2D eigenvalue weighted by Crippen LogP contribution is -2.50.